The van der Waals surface area contributed by atoms with Crippen molar-refractivity contribution in [1.29, 1.82) is 0 Å². The van der Waals surface area contributed by atoms with Crippen LogP contribution in [-0.2, 0) is 0 Å². The van der Waals surface area contributed by atoms with E-state index in [1.807, 2.05) is 13.0 Å². The molecule has 1 unspecified atom stereocenters. The van der Waals surface area contributed by atoms with Gasteiger partial charge in [0.1, 0.15) is 18.0 Å². The fourth-order valence-electron chi connectivity index (χ4n) is 2.01. The van der Waals surface area contributed by atoms with E-state index in [9.17, 15) is 0 Å². The highest BCUT2D eigenvalue weighted by Gasteiger charge is 2.12. The molecule has 94 valence electrons. The molecule has 0 amide bonds. The Morgan fingerprint density at radius 2 is 2.12 bits per heavy atom. The number of anilines is 2. The van der Waals surface area contributed by atoms with Gasteiger partial charge in [-0.15, -0.1) is 0 Å². The highest BCUT2D eigenvalue weighted by molar-refractivity contribution is 5.48. The van der Waals surface area contributed by atoms with Gasteiger partial charge in [-0.2, -0.15) is 0 Å². The lowest BCUT2D eigenvalue weighted by Gasteiger charge is -2.27. The molecular weight excluding hydrogens is 214 g/mol. The van der Waals surface area contributed by atoms with Gasteiger partial charge in [0.05, 0.1) is 0 Å². The smallest absolute Gasteiger partial charge is 0.134 e. The standard InChI is InChI=1S/C12H21N5/c1-10(13)8-14-11-7-12(16-9-15-11)17-5-3-2-4-6-17/h7,9-10H,2-6,8,13H2,1H3,(H,14,15,16). The molecule has 1 aromatic rings. The summed E-state index contributed by atoms with van der Waals surface area (Å²) in [6.07, 6.45) is 5.46. The number of nitrogens with one attached hydrogen (secondary N) is 1. The first-order valence-electron chi connectivity index (χ1n) is 6.32. The van der Waals surface area contributed by atoms with Gasteiger partial charge in [0.2, 0.25) is 0 Å². The van der Waals surface area contributed by atoms with Crippen LogP contribution in [-0.4, -0.2) is 35.6 Å². The van der Waals surface area contributed by atoms with Crippen LogP contribution in [0.2, 0.25) is 0 Å². The monoisotopic (exact) mass is 235 g/mol. The van der Waals surface area contributed by atoms with Crippen LogP contribution in [0.15, 0.2) is 12.4 Å². The minimum Gasteiger partial charge on any atom is -0.368 e. The molecule has 17 heavy (non-hydrogen) atoms. The predicted octanol–water partition coefficient (Wildman–Crippen LogP) is 1.23. The molecule has 2 heterocycles. The molecule has 0 bridgehead atoms. The molecule has 2 rings (SSSR count). The van der Waals surface area contributed by atoms with Crippen molar-refractivity contribution in [3.05, 3.63) is 12.4 Å². The first-order valence-corrected chi connectivity index (χ1v) is 6.32. The van der Waals surface area contributed by atoms with E-state index in [1.54, 1.807) is 6.33 Å². The first kappa shape index (κ1) is 12.1. The second kappa shape index (κ2) is 5.82. The summed E-state index contributed by atoms with van der Waals surface area (Å²) in [5.41, 5.74) is 5.70. The number of nitrogens with two attached hydrogens (primary N) is 1. The Labute approximate surface area is 102 Å². The molecule has 5 nitrogen and oxygen atoms in total. The van der Waals surface area contributed by atoms with Gasteiger partial charge < -0.3 is 16.0 Å². The number of hydrogen-bond acceptors (Lipinski definition) is 5. The topological polar surface area (TPSA) is 67.1 Å². The molecule has 1 saturated heterocycles. The minimum atomic E-state index is 0.128. The van der Waals surface area contributed by atoms with E-state index in [2.05, 4.69) is 20.2 Å². The fourth-order valence-corrected chi connectivity index (χ4v) is 2.01. The largest absolute Gasteiger partial charge is 0.368 e. The van der Waals surface area contributed by atoms with Crippen LogP contribution in [0.3, 0.4) is 0 Å². The summed E-state index contributed by atoms with van der Waals surface area (Å²) in [5, 5.41) is 3.22. The molecule has 1 atom stereocenters. The van der Waals surface area contributed by atoms with Crippen LogP contribution >= 0.6 is 0 Å². The summed E-state index contributed by atoms with van der Waals surface area (Å²) < 4.78 is 0. The molecule has 1 aromatic heterocycles. The Balaban J connectivity index is 2.00. The maximum Gasteiger partial charge on any atom is 0.134 e. The molecule has 0 saturated carbocycles. The zero-order valence-electron chi connectivity index (χ0n) is 10.4. The van der Waals surface area contributed by atoms with Gasteiger partial charge in [-0.25, -0.2) is 9.97 Å². The van der Waals surface area contributed by atoms with Crippen molar-refractivity contribution in [3.63, 3.8) is 0 Å². The zero-order chi connectivity index (χ0) is 12.1. The minimum absolute atomic E-state index is 0.128. The van der Waals surface area contributed by atoms with E-state index in [4.69, 9.17) is 5.73 Å². The maximum absolute atomic E-state index is 5.70. The third kappa shape index (κ3) is 3.56. The lowest BCUT2D eigenvalue weighted by molar-refractivity contribution is 0.573. The molecule has 0 spiro atoms. The molecule has 1 fully saturated rings. The average molecular weight is 235 g/mol. The Morgan fingerprint density at radius 3 is 2.82 bits per heavy atom. The Morgan fingerprint density at radius 1 is 1.35 bits per heavy atom. The molecule has 0 aromatic carbocycles. The molecule has 3 N–H and O–H groups in total. The van der Waals surface area contributed by atoms with Gasteiger partial charge in [0.15, 0.2) is 0 Å². The molecule has 5 heteroatoms. The molecule has 0 aliphatic carbocycles. The summed E-state index contributed by atoms with van der Waals surface area (Å²) in [7, 11) is 0. The van der Waals surface area contributed by atoms with Gasteiger partial charge in [-0.1, -0.05) is 0 Å². The highest BCUT2D eigenvalue weighted by atomic mass is 15.2. The quantitative estimate of drug-likeness (QED) is 0.821. The average Bonchev–Trinajstić information content (AvgIpc) is 2.38. The summed E-state index contributed by atoms with van der Waals surface area (Å²) in [6, 6.07) is 2.14. The van der Waals surface area contributed by atoms with Gasteiger partial charge in [-0.3, -0.25) is 0 Å². The maximum atomic E-state index is 5.70. The van der Waals surface area contributed by atoms with Crippen LogP contribution in [0.1, 0.15) is 26.2 Å². The van der Waals surface area contributed by atoms with Crippen molar-refractivity contribution >= 4 is 11.6 Å². The number of piperidine rings is 1. The van der Waals surface area contributed by atoms with Crippen molar-refractivity contribution in [2.75, 3.05) is 29.9 Å². The number of nitrogens with zero attached hydrogens (tertiary/aromatic N) is 3. The zero-order valence-corrected chi connectivity index (χ0v) is 10.4. The lowest BCUT2D eigenvalue weighted by Crippen LogP contribution is -2.30. The predicted molar refractivity (Wildman–Crippen MR) is 70.2 cm³/mol. The summed E-state index contributed by atoms with van der Waals surface area (Å²) in [5.74, 6) is 1.88. The van der Waals surface area contributed by atoms with Crippen LogP contribution in [0, 0.1) is 0 Å². The number of rotatable bonds is 4. The summed E-state index contributed by atoms with van der Waals surface area (Å²) in [4.78, 5) is 10.9. The van der Waals surface area contributed by atoms with Crippen molar-refractivity contribution in [2.45, 2.75) is 32.2 Å². The second-order valence-electron chi connectivity index (χ2n) is 4.67. The van der Waals surface area contributed by atoms with E-state index >= 15 is 0 Å². The lowest BCUT2D eigenvalue weighted by atomic mass is 10.1. The van der Waals surface area contributed by atoms with Crippen molar-refractivity contribution < 1.29 is 0 Å². The Bertz CT molecular complexity index is 347. The van der Waals surface area contributed by atoms with Gasteiger partial charge in [0.25, 0.3) is 0 Å². The van der Waals surface area contributed by atoms with E-state index in [-0.39, 0.29) is 6.04 Å². The van der Waals surface area contributed by atoms with E-state index in [1.165, 1.54) is 19.3 Å². The molecular formula is C12H21N5. The SMILES string of the molecule is CC(N)CNc1cc(N2CCCCC2)ncn1. The fraction of sp³-hybridized carbons (Fsp3) is 0.667. The molecule has 1 aliphatic rings. The van der Waals surface area contributed by atoms with Gasteiger partial charge >= 0.3 is 0 Å². The van der Waals surface area contributed by atoms with Gasteiger partial charge in [-0.05, 0) is 26.2 Å². The number of aromatic nitrogens is 2. The van der Waals surface area contributed by atoms with Crippen molar-refractivity contribution in [1.82, 2.24) is 9.97 Å². The highest BCUT2D eigenvalue weighted by Crippen LogP contribution is 2.18. The third-order valence-corrected chi connectivity index (χ3v) is 2.94. The van der Waals surface area contributed by atoms with Crippen LogP contribution in [0.5, 0.6) is 0 Å². The normalized spacial score (nSPS) is 17.9. The van der Waals surface area contributed by atoms with E-state index in [0.29, 0.717) is 0 Å². The Hall–Kier alpha value is -1.36. The van der Waals surface area contributed by atoms with Crippen LogP contribution in [0.25, 0.3) is 0 Å². The van der Waals surface area contributed by atoms with E-state index in [0.717, 1.165) is 31.3 Å². The van der Waals surface area contributed by atoms with Gasteiger partial charge in [0, 0.05) is 31.7 Å². The van der Waals surface area contributed by atoms with Crippen molar-refractivity contribution in [2.24, 2.45) is 5.73 Å². The summed E-state index contributed by atoms with van der Waals surface area (Å²) in [6.45, 7) is 4.91. The van der Waals surface area contributed by atoms with Crippen LogP contribution < -0.4 is 16.0 Å². The summed E-state index contributed by atoms with van der Waals surface area (Å²) >= 11 is 0. The number of hydrogen-bond donors (Lipinski definition) is 2. The van der Waals surface area contributed by atoms with E-state index < -0.39 is 0 Å². The second-order valence-corrected chi connectivity index (χ2v) is 4.67. The molecule has 0 radical (unpaired) electrons. The first-order chi connectivity index (χ1) is 8.25. The van der Waals surface area contributed by atoms with Crippen LogP contribution in [0.4, 0.5) is 11.6 Å². The molecule has 1 aliphatic heterocycles. The third-order valence-electron chi connectivity index (χ3n) is 2.94. The van der Waals surface area contributed by atoms with Crippen molar-refractivity contribution in [3.8, 4) is 0 Å². The Kier molecular flexibility index (Phi) is 4.14.